The molecule has 5 nitrogen and oxygen atoms in total. The summed E-state index contributed by atoms with van der Waals surface area (Å²) in [5.41, 5.74) is 3.24. The Labute approximate surface area is 148 Å². The number of benzene rings is 2. The van der Waals surface area contributed by atoms with Gasteiger partial charge < -0.3 is 10.2 Å². The number of hydrogen-bond donors (Lipinski definition) is 1. The summed E-state index contributed by atoms with van der Waals surface area (Å²) in [6.07, 6.45) is 4.39. The molecule has 0 bridgehead atoms. The van der Waals surface area contributed by atoms with Crippen molar-refractivity contribution in [2.75, 3.05) is 24.5 Å². The third-order valence-corrected chi connectivity index (χ3v) is 4.70. The van der Waals surface area contributed by atoms with Crippen molar-refractivity contribution in [1.29, 1.82) is 0 Å². The first kappa shape index (κ1) is 17.4. The zero-order valence-electron chi connectivity index (χ0n) is 14.5. The van der Waals surface area contributed by atoms with Gasteiger partial charge >= 0.3 is 0 Å². The second kappa shape index (κ2) is 8.62. The van der Waals surface area contributed by atoms with Gasteiger partial charge in [-0.3, -0.25) is 10.1 Å². The summed E-state index contributed by atoms with van der Waals surface area (Å²) < 4.78 is 0. The van der Waals surface area contributed by atoms with Gasteiger partial charge in [0.2, 0.25) is 0 Å². The molecule has 1 heterocycles. The van der Waals surface area contributed by atoms with Crippen LogP contribution in [0.25, 0.3) is 0 Å². The molecular weight excluding hydrogens is 314 g/mol. The van der Waals surface area contributed by atoms with Crippen molar-refractivity contribution in [3.63, 3.8) is 0 Å². The summed E-state index contributed by atoms with van der Waals surface area (Å²) in [5.74, 6) is 0. The molecule has 5 heteroatoms. The number of nitro benzene ring substituents is 1. The van der Waals surface area contributed by atoms with Gasteiger partial charge in [-0.2, -0.15) is 0 Å². The van der Waals surface area contributed by atoms with Crippen molar-refractivity contribution >= 4 is 11.4 Å². The average molecular weight is 339 g/mol. The van der Waals surface area contributed by atoms with Crippen LogP contribution in [-0.4, -0.2) is 24.6 Å². The Morgan fingerprint density at radius 3 is 2.48 bits per heavy atom. The third-order valence-electron chi connectivity index (χ3n) is 4.70. The summed E-state index contributed by atoms with van der Waals surface area (Å²) in [4.78, 5) is 13.4. The SMILES string of the molecule is O=[N+]([O-])c1cc(CNCCc2ccccc2)ccc1N1CCCCC1. The number of nitrogens with one attached hydrogen (secondary N) is 1. The van der Waals surface area contributed by atoms with Gasteiger partial charge in [0.1, 0.15) is 5.69 Å². The lowest BCUT2D eigenvalue weighted by molar-refractivity contribution is -0.384. The molecule has 0 aliphatic carbocycles. The zero-order valence-corrected chi connectivity index (χ0v) is 14.5. The van der Waals surface area contributed by atoms with E-state index in [-0.39, 0.29) is 10.6 Å². The molecule has 0 unspecified atom stereocenters. The van der Waals surface area contributed by atoms with Gasteiger partial charge in [0.25, 0.3) is 5.69 Å². The highest BCUT2D eigenvalue weighted by Gasteiger charge is 2.21. The summed E-state index contributed by atoms with van der Waals surface area (Å²) in [7, 11) is 0. The lowest BCUT2D eigenvalue weighted by Gasteiger charge is -2.28. The van der Waals surface area contributed by atoms with Gasteiger partial charge in [-0.15, -0.1) is 0 Å². The average Bonchev–Trinajstić information content (AvgIpc) is 2.66. The number of nitrogens with zero attached hydrogens (tertiary/aromatic N) is 2. The van der Waals surface area contributed by atoms with Crippen LogP contribution in [0.5, 0.6) is 0 Å². The Kier molecular flexibility index (Phi) is 6.01. The standard InChI is InChI=1S/C20H25N3O2/c24-23(25)20-15-18(9-10-19(20)22-13-5-2-6-14-22)16-21-12-11-17-7-3-1-4-8-17/h1,3-4,7-10,15,21H,2,5-6,11-14,16H2. The Balaban J connectivity index is 1.60. The van der Waals surface area contributed by atoms with Crippen LogP contribution in [0, 0.1) is 10.1 Å². The highest BCUT2D eigenvalue weighted by Crippen LogP contribution is 2.31. The van der Waals surface area contributed by atoms with Crippen molar-refractivity contribution in [3.8, 4) is 0 Å². The fourth-order valence-corrected chi connectivity index (χ4v) is 3.34. The van der Waals surface area contributed by atoms with Crippen LogP contribution in [0.4, 0.5) is 11.4 Å². The molecule has 0 spiro atoms. The van der Waals surface area contributed by atoms with Crippen LogP contribution < -0.4 is 10.2 Å². The molecule has 0 aromatic heterocycles. The van der Waals surface area contributed by atoms with E-state index in [0.717, 1.165) is 50.1 Å². The maximum atomic E-state index is 11.5. The van der Waals surface area contributed by atoms with Crippen LogP contribution in [0.2, 0.25) is 0 Å². The lowest BCUT2D eigenvalue weighted by Crippen LogP contribution is -2.30. The van der Waals surface area contributed by atoms with E-state index < -0.39 is 0 Å². The number of rotatable bonds is 7. The van der Waals surface area contributed by atoms with Crippen LogP contribution in [0.3, 0.4) is 0 Å². The van der Waals surface area contributed by atoms with Crippen molar-refractivity contribution < 1.29 is 4.92 Å². The minimum atomic E-state index is -0.253. The number of hydrogen-bond acceptors (Lipinski definition) is 4. The number of nitro groups is 1. The van der Waals surface area contributed by atoms with E-state index in [2.05, 4.69) is 22.3 Å². The molecule has 1 N–H and O–H groups in total. The van der Waals surface area contributed by atoms with E-state index in [1.54, 1.807) is 6.07 Å². The number of piperidine rings is 1. The molecule has 0 radical (unpaired) electrons. The van der Waals surface area contributed by atoms with E-state index in [1.165, 1.54) is 12.0 Å². The van der Waals surface area contributed by atoms with E-state index in [4.69, 9.17) is 0 Å². The largest absolute Gasteiger partial charge is 0.366 e. The third kappa shape index (κ3) is 4.79. The predicted octanol–water partition coefficient (Wildman–Crippen LogP) is 3.92. The van der Waals surface area contributed by atoms with Gasteiger partial charge in [0.15, 0.2) is 0 Å². The molecule has 1 aliphatic rings. The molecule has 0 atom stereocenters. The summed E-state index contributed by atoms with van der Waals surface area (Å²) >= 11 is 0. The van der Waals surface area contributed by atoms with Crippen LogP contribution in [-0.2, 0) is 13.0 Å². The fraction of sp³-hybridized carbons (Fsp3) is 0.400. The van der Waals surface area contributed by atoms with Crippen molar-refractivity contribution in [2.45, 2.75) is 32.2 Å². The Bertz CT molecular complexity index is 697. The van der Waals surface area contributed by atoms with E-state index in [0.29, 0.717) is 6.54 Å². The highest BCUT2D eigenvalue weighted by molar-refractivity contribution is 5.64. The lowest BCUT2D eigenvalue weighted by atomic mass is 10.1. The van der Waals surface area contributed by atoms with Gasteiger partial charge in [-0.05, 0) is 49.4 Å². The topological polar surface area (TPSA) is 58.4 Å². The van der Waals surface area contributed by atoms with Crippen molar-refractivity contribution in [1.82, 2.24) is 5.32 Å². The molecular formula is C20H25N3O2. The zero-order chi connectivity index (χ0) is 17.5. The quantitative estimate of drug-likeness (QED) is 0.472. The first-order valence-electron chi connectivity index (χ1n) is 9.01. The molecule has 1 saturated heterocycles. The van der Waals surface area contributed by atoms with Crippen molar-refractivity contribution in [3.05, 3.63) is 69.8 Å². The van der Waals surface area contributed by atoms with E-state index in [9.17, 15) is 10.1 Å². The smallest absolute Gasteiger partial charge is 0.292 e. The second-order valence-corrected chi connectivity index (χ2v) is 6.54. The first-order valence-corrected chi connectivity index (χ1v) is 9.01. The van der Waals surface area contributed by atoms with Gasteiger partial charge in [0, 0.05) is 25.7 Å². The van der Waals surface area contributed by atoms with E-state index >= 15 is 0 Å². The Morgan fingerprint density at radius 1 is 1.00 bits per heavy atom. The van der Waals surface area contributed by atoms with E-state index in [1.807, 2.05) is 30.3 Å². The molecule has 1 fully saturated rings. The summed E-state index contributed by atoms with van der Waals surface area (Å²) in [6, 6.07) is 16.0. The van der Waals surface area contributed by atoms with Crippen LogP contribution in [0.1, 0.15) is 30.4 Å². The van der Waals surface area contributed by atoms with Gasteiger partial charge in [-0.1, -0.05) is 36.4 Å². The van der Waals surface area contributed by atoms with Crippen LogP contribution >= 0.6 is 0 Å². The molecule has 2 aromatic carbocycles. The van der Waals surface area contributed by atoms with Gasteiger partial charge in [-0.25, -0.2) is 0 Å². The molecule has 0 amide bonds. The Morgan fingerprint density at radius 2 is 1.76 bits per heavy atom. The minimum Gasteiger partial charge on any atom is -0.366 e. The monoisotopic (exact) mass is 339 g/mol. The summed E-state index contributed by atoms with van der Waals surface area (Å²) in [5, 5.41) is 14.9. The second-order valence-electron chi connectivity index (χ2n) is 6.54. The van der Waals surface area contributed by atoms with Crippen molar-refractivity contribution in [2.24, 2.45) is 0 Å². The first-order chi connectivity index (χ1) is 12.2. The molecule has 2 aromatic rings. The Hall–Kier alpha value is -2.40. The maximum Gasteiger partial charge on any atom is 0.292 e. The molecule has 1 aliphatic heterocycles. The normalized spacial score (nSPS) is 14.5. The molecule has 0 saturated carbocycles. The van der Waals surface area contributed by atoms with Crippen LogP contribution in [0.15, 0.2) is 48.5 Å². The minimum absolute atomic E-state index is 0.226. The fourth-order valence-electron chi connectivity index (χ4n) is 3.34. The maximum absolute atomic E-state index is 11.5. The molecule has 3 rings (SSSR count). The molecule has 25 heavy (non-hydrogen) atoms. The number of anilines is 1. The summed E-state index contributed by atoms with van der Waals surface area (Å²) in [6.45, 7) is 3.32. The predicted molar refractivity (Wildman–Crippen MR) is 101 cm³/mol. The van der Waals surface area contributed by atoms with Gasteiger partial charge in [0.05, 0.1) is 4.92 Å². The molecule has 132 valence electrons. The highest BCUT2D eigenvalue weighted by atomic mass is 16.6.